The summed E-state index contributed by atoms with van der Waals surface area (Å²) >= 11 is 0. The van der Waals surface area contributed by atoms with Crippen LogP contribution < -0.4 is 11.1 Å². The Morgan fingerprint density at radius 1 is 1.45 bits per heavy atom. The van der Waals surface area contributed by atoms with Gasteiger partial charge < -0.3 is 15.8 Å². The molecule has 1 aliphatic rings. The molecule has 5 nitrogen and oxygen atoms in total. The normalized spacial score (nSPS) is 20.5. The van der Waals surface area contributed by atoms with Gasteiger partial charge in [-0.25, -0.2) is 0 Å². The van der Waals surface area contributed by atoms with Crippen molar-refractivity contribution in [3.63, 3.8) is 0 Å². The Morgan fingerprint density at radius 3 is 2.95 bits per heavy atom. The van der Waals surface area contributed by atoms with Crippen molar-refractivity contribution >= 4 is 5.91 Å². The zero-order valence-electron chi connectivity index (χ0n) is 13.3. The number of hydrogen-bond acceptors (Lipinski definition) is 4. The van der Waals surface area contributed by atoms with Crippen molar-refractivity contribution in [2.45, 2.75) is 38.5 Å². The first-order valence-corrected chi connectivity index (χ1v) is 8.03. The predicted octanol–water partition coefficient (Wildman–Crippen LogP) is 1.13. The van der Waals surface area contributed by atoms with Gasteiger partial charge in [-0.05, 0) is 18.9 Å². The van der Waals surface area contributed by atoms with Crippen molar-refractivity contribution in [2.24, 2.45) is 5.73 Å². The first kappa shape index (κ1) is 16.9. The van der Waals surface area contributed by atoms with E-state index in [1.165, 1.54) is 5.56 Å². The van der Waals surface area contributed by atoms with Crippen LogP contribution in [0.1, 0.15) is 25.3 Å². The molecule has 2 rings (SSSR count). The minimum absolute atomic E-state index is 0.0206. The Kier molecular flexibility index (Phi) is 6.83. The number of carbonyl (C=O) groups is 1. The fourth-order valence-electron chi connectivity index (χ4n) is 2.61. The van der Waals surface area contributed by atoms with E-state index in [1.54, 1.807) is 0 Å². The van der Waals surface area contributed by atoms with Crippen LogP contribution in [0.3, 0.4) is 0 Å². The highest BCUT2D eigenvalue weighted by molar-refractivity contribution is 5.76. The van der Waals surface area contributed by atoms with E-state index >= 15 is 0 Å². The van der Waals surface area contributed by atoms with Gasteiger partial charge >= 0.3 is 0 Å². The number of nitrogens with two attached hydrogens (primary N) is 1. The molecule has 1 amide bonds. The van der Waals surface area contributed by atoms with Crippen molar-refractivity contribution < 1.29 is 9.53 Å². The Balaban J connectivity index is 1.72. The Morgan fingerprint density at radius 2 is 2.23 bits per heavy atom. The van der Waals surface area contributed by atoms with Gasteiger partial charge in [0.1, 0.15) is 0 Å². The van der Waals surface area contributed by atoms with Crippen LogP contribution in [0.4, 0.5) is 0 Å². The van der Waals surface area contributed by atoms with E-state index in [9.17, 15) is 4.79 Å². The molecule has 0 aliphatic carbocycles. The van der Waals surface area contributed by atoms with E-state index < -0.39 is 0 Å². The molecule has 1 aromatic rings. The molecule has 1 aromatic carbocycles. The summed E-state index contributed by atoms with van der Waals surface area (Å²) in [5, 5.41) is 2.91. The summed E-state index contributed by atoms with van der Waals surface area (Å²) < 4.78 is 5.72. The second-order valence-electron chi connectivity index (χ2n) is 6.03. The van der Waals surface area contributed by atoms with Gasteiger partial charge in [0.05, 0.1) is 19.1 Å². The molecule has 0 bridgehead atoms. The Hall–Kier alpha value is -1.43. The van der Waals surface area contributed by atoms with Gasteiger partial charge in [-0.2, -0.15) is 0 Å². The van der Waals surface area contributed by atoms with E-state index in [1.807, 2.05) is 13.0 Å². The van der Waals surface area contributed by atoms with E-state index in [-0.39, 0.29) is 18.1 Å². The van der Waals surface area contributed by atoms with E-state index in [0.717, 1.165) is 26.1 Å². The zero-order valence-corrected chi connectivity index (χ0v) is 13.3. The van der Waals surface area contributed by atoms with Gasteiger partial charge in [0.25, 0.3) is 0 Å². The summed E-state index contributed by atoms with van der Waals surface area (Å²) in [6.07, 6.45) is 1.20. The highest BCUT2D eigenvalue weighted by Crippen LogP contribution is 2.12. The Bertz CT molecular complexity index is 450. The number of nitrogens with one attached hydrogen (secondary N) is 1. The minimum atomic E-state index is -0.0206. The van der Waals surface area contributed by atoms with E-state index in [4.69, 9.17) is 10.5 Å². The number of rotatable bonds is 7. The first-order chi connectivity index (χ1) is 10.6. The lowest BCUT2D eigenvalue weighted by molar-refractivity contribution is -0.126. The van der Waals surface area contributed by atoms with Gasteiger partial charge in [0, 0.05) is 32.2 Å². The molecule has 0 aromatic heterocycles. The topological polar surface area (TPSA) is 67.6 Å². The average Bonchev–Trinajstić information content (AvgIpc) is 2.48. The van der Waals surface area contributed by atoms with Crippen molar-refractivity contribution in [3.05, 3.63) is 35.9 Å². The van der Waals surface area contributed by atoms with E-state index in [2.05, 4.69) is 34.5 Å². The summed E-state index contributed by atoms with van der Waals surface area (Å²) in [6, 6.07) is 10.5. The van der Waals surface area contributed by atoms with Gasteiger partial charge in [0.15, 0.2) is 0 Å². The van der Waals surface area contributed by atoms with Crippen LogP contribution in [0, 0.1) is 0 Å². The highest BCUT2D eigenvalue weighted by Gasteiger charge is 2.22. The molecular weight excluding hydrogens is 278 g/mol. The maximum absolute atomic E-state index is 11.9. The molecule has 1 saturated heterocycles. The molecule has 0 spiro atoms. The second kappa shape index (κ2) is 8.88. The molecule has 0 radical (unpaired) electrons. The zero-order chi connectivity index (χ0) is 15.8. The van der Waals surface area contributed by atoms with E-state index in [0.29, 0.717) is 19.6 Å². The first-order valence-electron chi connectivity index (χ1n) is 8.03. The average molecular weight is 305 g/mol. The quantitative estimate of drug-likeness (QED) is 0.792. The fourth-order valence-corrected chi connectivity index (χ4v) is 2.61. The van der Waals surface area contributed by atoms with Gasteiger partial charge in [-0.1, -0.05) is 30.3 Å². The van der Waals surface area contributed by atoms with Crippen LogP contribution in [-0.2, 0) is 16.1 Å². The molecule has 1 heterocycles. The highest BCUT2D eigenvalue weighted by atomic mass is 16.5. The third kappa shape index (κ3) is 6.13. The SMILES string of the molecule is CC(N)CCNC(=O)CC1CN(Cc2ccccc2)CCO1. The lowest BCUT2D eigenvalue weighted by Crippen LogP contribution is -2.44. The fraction of sp³-hybridized carbons (Fsp3) is 0.588. The van der Waals surface area contributed by atoms with Crippen molar-refractivity contribution in [1.82, 2.24) is 10.2 Å². The lowest BCUT2D eigenvalue weighted by atomic mass is 10.1. The van der Waals surface area contributed by atoms with Crippen LogP contribution in [0.2, 0.25) is 0 Å². The number of morpholine rings is 1. The predicted molar refractivity (Wildman–Crippen MR) is 87.4 cm³/mol. The molecule has 3 N–H and O–H groups in total. The molecule has 2 unspecified atom stereocenters. The smallest absolute Gasteiger partial charge is 0.222 e. The molecule has 122 valence electrons. The summed E-state index contributed by atoms with van der Waals surface area (Å²) in [6.45, 7) is 5.89. The van der Waals surface area contributed by atoms with Gasteiger partial charge in [-0.3, -0.25) is 9.69 Å². The number of nitrogens with zero attached hydrogens (tertiary/aromatic N) is 1. The van der Waals surface area contributed by atoms with Crippen LogP contribution in [0.25, 0.3) is 0 Å². The van der Waals surface area contributed by atoms with Crippen LogP contribution in [0.15, 0.2) is 30.3 Å². The summed E-state index contributed by atoms with van der Waals surface area (Å²) in [5.41, 5.74) is 6.97. The Labute approximate surface area is 132 Å². The molecule has 1 fully saturated rings. The number of carbonyl (C=O) groups excluding carboxylic acids is 1. The summed E-state index contributed by atoms with van der Waals surface area (Å²) in [7, 11) is 0. The monoisotopic (exact) mass is 305 g/mol. The number of hydrogen-bond donors (Lipinski definition) is 2. The molecule has 2 atom stereocenters. The third-order valence-corrected chi connectivity index (χ3v) is 3.81. The largest absolute Gasteiger partial charge is 0.375 e. The van der Waals surface area contributed by atoms with Crippen LogP contribution >= 0.6 is 0 Å². The van der Waals surface area contributed by atoms with Gasteiger partial charge in [0.2, 0.25) is 5.91 Å². The molecular formula is C17H27N3O2. The standard InChI is InChI=1S/C17H27N3O2/c1-14(18)7-8-19-17(21)11-16-13-20(9-10-22-16)12-15-5-3-2-4-6-15/h2-6,14,16H,7-13,18H2,1H3,(H,19,21). The number of amides is 1. The second-order valence-corrected chi connectivity index (χ2v) is 6.03. The number of ether oxygens (including phenoxy) is 1. The molecule has 22 heavy (non-hydrogen) atoms. The van der Waals surface area contributed by atoms with Crippen molar-refractivity contribution in [1.29, 1.82) is 0 Å². The minimum Gasteiger partial charge on any atom is -0.375 e. The van der Waals surface area contributed by atoms with Crippen LogP contribution in [0.5, 0.6) is 0 Å². The number of benzene rings is 1. The van der Waals surface area contributed by atoms with Gasteiger partial charge in [-0.15, -0.1) is 0 Å². The van der Waals surface area contributed by atoms with Crippen molar-refractivity contribution in [3.8, 4) is 0 Å². The summed E-state index contributed by atoms with van der Waals surface area (Å²) in [5.74, 6) is 0.0483. The maximum atomic E-state index is 11.9. The molecule has 1 aliphatic heterocycles. The molecule has 5 heteroatoms. The maximum Gasteiger partial charge on any atom is 0.222 e. The summed E-state index contributed by atoms with van der Waals surface area (Å²) in [4.78, 5) is 14.3. The molecule has 0 saturated carbocycles. The van der Waals surface area contributed by atoms with Crippen LogP contribution in [-0.4, -0.2) is 49.2 Å². The van der Waals surface area contributed by atoms with Crippen molar-refractivity contribution in [2.75, 3.05) is 26.2 Å². The lowest BCUT2D eigenvalue weighted by Gasteiger charge is -2.32. The third-order valence-electron chi connectivity index (χ3n) is 3.81.